The maximum absolute atomic E-state index is 12.3. The van der Waals surface area contributed by atoms with Crippen LogP contribution in [0.2, 0.25) is 0 Å². The van der Waals surface area contributed by atoms with Gasteiger partial charge in [-0.05, 0) is 39.1 Å². The molecule has 0 spiro atoms. The molecule has 2 heterocycles. The van der Waals surface area contributed by atoms with E-state index in [2.05, 4.69) is 9.97 Å². The molecule has 0 saturated carbocycles. The van der Waals surface area contributed by atoms with Crippen molar-refractivity contribution < 1.29 is 9.53 Å². The highest BCUT2D eigenvalue weighted by Gasteiger charge is 2.26. The van der Waals surface area contributed by atoms with Crippen molar-refractivity contribution in [3.8, 4) is 11.6 Å². The summed E-state index contributed by atoms with van der Waals surface area (Å²) in [5, 5.41) is 0. The maximum atomic E-state index is 12.3. The Hall–Kier alpha value is -2.47. The van der Waals surface area contributed by atoms with Crippen molar-refractivity contribution in [2.24, 2.45) is 0 Å². The number of nitrogens with zero attached hydrogens (tertiary/aromatic N) is 4. The maximum Gasteiger partial charge on any atom is 0.238 e. The Balaban J connectivity index is 1.69. The molecule has 6 heteroatoms. The molecule has 1 aromatic heterocycles. The van der Waals surface area contributed by atoms with E-state index < -0.39 is 0 Å². The normalized spacial score (nSPS) is 17.6. The van der Waals surface area contributed by atoms with E-state index in [9.17, 15) is 4.79 Å². The zero-order valence-corrected chi connectivity index (χ0v) is 14.8. The van der Waals surface area contributed by atoms with E-state index in [-0.39, 0.29) is 11.8 Å². The van der Waals surface area contributed by atoms with Gasteiger partial charge in [0.1, 0.15) is 5.75 Å². The van der Waals surface area contributed by atoms with Crippen LogP contribution >= 0.6 is 0 Å². The van der Waals surface area contributed by atoms with Crippen LogP contribution in [0.5, 0.6) is 11.6 Å². The summed E-state index contributed by atoms with van der Waals surface area (Å²) in [7, 11) is 3.82. The Bertz CT molecular complexity index is 706. The van der Waals surface area contributed by atoms with Gasteiger partial charge >= 0.3 is 0 Å². The fraction of sp³-hybridized carbons (Fsp3) is 0.421. The quantitative estimate of drug-likeness (QED) is 0.837. The summed E-state index contributed by atoms with van der Waals surface area (Å²) in [6.45, 7) is 1.95. The summed E-state index contributed by atoms with van der Waals surface area (Å²) in [5.41, 5.74) is 0.885. The smallest absolute Gasteiger partial charge is 0.238 e. The van der Waals surface area contributed by atoms with Crippen molar-refractivity contribution in [1.82, 2.24) is 19.8 Å². The number of benzene rings is 1. The average Bonchev–Trinajstić information content (AvgIpc) is 2.62. The molecule has 25 heavy (non-hydrogen) atoms. The Morgan fingerprint density at radius 3 is 2.84 bits per heavy atom. The van der Waals surface area contributed by atoms with Gasteiger partial charge in [-0.25, -0.2) is 4.98 Å². The number of ether oxygens (including phenoxy) is 1. The lowest BCUT2D eigenvalue weighted by Gasteiger charge is -2.33. The first-order valence-corrected chi connectivity index (χ1v) is 8.59. The summed E-state index contributed by atoms with van der Waals surface area (Å²) in [5.74, 6) is 1.59. The minimum Gasteiger partial charge on any atom is -0.437 e. The molecule has 1 aliphatic rings. The van der Waals surface area contributed by atoms with E-state index >= 15 is 0 Å². The molecule has 2 aromatic rings. The van der Waals surface area contributed by atoms with E-state index in [4.69, 9.17) is 4.74 Å². The molecule has 1 unspecified atom stereocenters. The molecule has 1 saturated heterocycles. The van der Waals surface area contributed by atoms with Crippen molar-refractivity contribution in [3.05, 3.63) is 48.4 Å². The van der Waals surface area contributed by atoms with Crippen LogP contribution in [0.25, 0.3) is 0 Å². The number of hydrogen-bond donors (Lipinski definition) is 0. The molecule has 6 nitrogen and oxygen atoms in total. The van der Waals surface area contributed by atoms with E-state index in [1.54, 1.807) is 12.4 Å². The molecule has 0 aliphatic carbocycles. The number of aromatic nitrogens is 2. The Labute approximate surface area is 148 Å². The van der Waals surface area contributed by atoms with Gasteiger partial charge in [-0.1, -0.05) is 18.2 Å². The van der Waals surface area contributed by atoms with Crippen molar-refractivity contribution in [2.75, 3.05) is 33.7 Å². The van der Waals surface area contributed by atoms with Crippen molar-refractivity contribution in [1.29, 1.82) is 0 Å². The van der Waals surface area contributed by atoms with E-state index in [0.29, 0.717) is 19.0 Å². The first kappa shape index (κ1) is 17.4. The fourth-order valence-corrected chi connectivity index (χ4v) is 3.03. The number of amides is 1. The first-order valence-electron chi connectivity index (χ1n) is 8.59. The molecule has 1 amide bonds. The molecule has 1 fully saturated rings. The monoisotopic (exact) mass is 340 g/mol. The van der Waals surface area contributed by atoms with Crippen LogP contribution in [0.3, 0.4) is 0 Å². The molecule has 0 N–H and O–H groups in total. The van der Waals surface area contributed by atoms with Gasteiger partial charge < -0.3 is 14.5 Å². The zero-order chi connectivity index (χ0) is 17.6. The van der Waals surface area contributed by atoms with E-state index in [1.807, 2.05) is 54.2 Å². The van der Waals surface area contributed by atoms with Crippen LogP contribution in [-0.2, 0) is 4.79 Å². The molecule has 3 rings (SSSR count). The predicted molar refractivity (Wildman–Crippen MR) is 95.7 cm³/mol. The van der Waals surface area contributed by atoms with Crippen LogP contribution < -0.4 is 4.74 Å². The van der Waals surface area contributed by atoms with Crippen molar-refractivity contribution >= 4 is 5.91 Å². The molecular weight excluding hydrogens is 316 g/mol. The number of likely N-dealkylation sites (tertiary alicyclic amines) is 1. The Morgan fingerprint density at radius 2 is 2.08 bits per heavy atom. The van der Waals surface area contributed by atoms with Gasteiger partial charge in [0.25, 0.3) is 0 Å². The number of likely N-dealkylation sites (N-methyl/N-ethyl adjacent to an activating group) is 1. The summed E-state index contributed by atoms with van der Waals surface area (Å²) >= 11 is 0. The van der Waals surface area contributed by atoms with Gasteiger partial charge in [-0.2, -0.15) is 0 Å². The zero-order valence-electron chi connectivity index (χ0n) is 14.8. The number of hydrogen-bond acceptors (Lipinski definition) is 5. The number of para-hydroxylation sites is 1. The van der Waals surface area contributed by atoms with Crippen LogP contribution in [0.4, 0.5) is 0 Å². The van der Waals surface area contributed by atoms with Crippen molar-refractivity contribution in [2.45, 2.75) is 18.8 Å². The molecule has 132 valence electrons. The molecule has 0 bridgehead atoms. The molecule has 1 aliphatic heterocycles. The lowest BCUT2D eigenvalue weighted by Crippen LogP contribution is -2.43. The lowest BCUT2D eigenvalue weighted by molar-refractivity contribution is -0.133. The third-order valence-corrected chi connectivity index (χ3v) is 4.24. The minimum atomic E-state index is 0.166. The van der Waals surface area contributed by atoms with Gasteiger partial charge in [0.15, 0.2) is 0 Å². The van der Waals surface area contributed by atoms with E-state index in [0.717, 1.165) is 30.8 Å². The van der Waals surface area contributed by atoms with Gasteiger partial charge in [0.05, 0.1) is 18.4 Å². The van der Waals surface area contributed by atoms with Gasteiger partial charge in [-0.3, -0.25) is 9.78 Å². The predicted octanol–water partition coefficient (Wildman–Crippen LogP) is 2.54. The number of piperidine rings is 1. The van der Waals surface area contributed by atoms with Crippen LogP contribution in [0.1, 0.15) is 24.5 Å². The minimum absolute atomic E-state index is 0.166. The lowest BCUT2D eigenvalue weighted by atomic mass is 9.95. The SMILES string of the molecule is CN(C)CC(=O)N1CCCC(c2cncc(Oc3ccccc3)n2)C1. The largest absolute Gasteiger partial charge is 0.437 e. The van der Waals surface area contributed by atoms with Crippen LogP contribution in [0.15, 0.2) is 42.7 Å². The molecule has 0 radical (unpaired) electrons. The van der Waals surface area contributed by atoms with Crippen LogP contribution in [0, 0.1) is 0 Å². The number of carbonyl (C=O) groups is 1. The second-order valence-corrected chi connectivity index (χ2v) is 6.61. The Kier molecular flexibility index (Phi) is 5.60. The third kappa shape index (κ3) is 4.76. The summed E-state index contributed by atoms with van der Waals surface area (Å²) in [6, 6.07) is 9.55. The number of carbonyl (C=O) groups excluding carboxylic acids is 1. The second-order valence-electron chi connectivity index (χ2n) is 6.61. The third-order valence-electron chi connectivity index (χ3n) is 4.24. The van der Waals surface area contributed by atoms with Crippen LogP contribution in [-0.4, -0.2) is 59.4 Å². The second kappa shape index (κ2) is 8.07. The van der Waals surface area contributed by atoms with Crippen molar-refractivity contribution in [3.63, 3.8) is 0 Å². The molecule has 1 atom stereocenters. The van der Waals surface area contributed by atoms with Gasteiger partial charge in [-0.15, -0.1) is 0 Å². The first-order chi connectivity index (χ1) is 12.1. The van der Waals surface area contributed by atoms with Gasteiger partial charge in [0.2, 0.25) is 11.8 Å². The topological polar surface area (TPSA) is 58.6 Å². The standard InChI is InChI=1S/C19H24N4O2/c1-22(2)14-19(24)23-10-6-7-15(13-23)17-11-20-12-18(21-17)25-16-8-4-3-5-9-16/h3-5,8-9,11-12,15H,6-7,10,13-14H2,1-2H3. The van der Waals surface area contributed by atoms with E-state index in [1.165, 1.54) is 0 Å². The highest BCUT2D eigenvalue weighted by atomic mass is 16.5. The molecule has 1 aromatic carbocycles. The van der Waals surface area contributed by atoms with Gasteiger partial charge in [0, 0.05) is 25.2 Å². The highest BCUT2D eigenvalue weighted by Crippen LogP contribution is 2.27. The average molecular weight is 340 g/mol. The fourth-order valence-electron chi connectivity index (χ4n) is 3.03. The molecular formula is C19H24N4O2. The Morgan fingerprint density at radius 1 is 1.28 bits per heavy atom. The number of rotatable bonds is 5. The highest BCUT2D eigenvalue weighted by molar-refractivity contribution is 5.78. The summed E-state index contributed by atoms with van der Waals surface area (Å²) in [6.07, 6.45) is 5.39. The summed E-state index contributed by atoms with van der Waals surface area (Å²) < 4.78 is 5.78. The summed E-state index contributed by atoms with van der Waals surface area (Å²) in [4.78, 5) is 25.0.